The van der Waals surface area contributed by atoms with Gasteiger partial charge < -0.3 is 10.2 Å². The molecule has 0 unspecified atom stereocenters. The van der Waals surface area contributed by atoms with E-state index in [1.807, 2.05) is 4.90 Å². The van der Waals surface area contributed by atoms with Gasteiger partial charge in [0.25, 0.3) is 0 Å². The van der Waals surface area contributed by atoms with E-state index >= 15 is 0 Å². The molecule has 0 atom stereocenters. The van der Waals surface area contributed by atoms with E-state index in [0.717, 1.165) is 19.9 Å². The summed E-state index contributed by atoms with van der Waals surface area (Å²) in [6, 6.07) is 0. The predicted molar refractivity (Wildman–Crippen MR) is 80.8 cm³/mol. The fraction of sp³-hybridized carbons (Fsp3) is 0.867. The minimum Gasteiger partial charge on any atom is -0.356 e. The van der Waals surface area contributed by atoms with Crippen molar-refractivity contribution in [1.82, 2.24) is 15.1 Å². The highest BCUT2D eigenvalue weighted by Crippen LogP contribution is 2.18. The van der Waals surface area contributed by atoms with Crippen LogP contribution in [0.15, 0.2) is 0 Å². The summed E-state index contributed by atoms with van der Waals surface area (Å²) in [5.41, 5.74) is 0. The topological polar surface area (TPSA) is 52.7 Å². The number of unbranched alkanes of at least 4 members (excludes halogenated alkanes) is 1. The maximum Gasteiger partial charge on any atom is 0.406 e. The van der Waals surface area contributed by atoms with Crippen LogP contribution < -0.4 is 5.32 Å². The second-order valence-electron chi connectivity index (χ2n) is 6.06. The van der Waals surface area contributed by atoms with Crippen LogP contribution in [-0.4, -0.2) is 67.6 Å². The molecule has 1 rings (SSSR count). The number of alkyl halides is 3. The van der Waals surface area contributed by atoms with Crippen molar-refractivity contribution in [3.05, 3.63) is 0 Å². The van der Waals surface area contributed by atoms with Gasteiger partial charge in [0.1, 0.15) is 6.54 Å². The number of carbonyl (C=O) groups excluding carboxylic acids is 2. The summed E-state index contributed by atoms with van der Waals surface area (Å²) in [4.78, 5) is 26.2. The van der Waals surface area contributed by atoms with Crippen LogP contribution in [0, 0.1) is 5.92 Å². The fourth-order valence-corrected chi connectivity index (χ4v) is 2.56. The zero-order valence-electron chi connectivity index (χ0n) is 13.8. The van der Waals surface area contributed by atoms with Crippen molar-refractivity contribution < 1.29 is 22.8 Å². The van der Waals surface area contributed by atoms with Crippen LogP contribution >= 0.6 is 0 Å². The van der Waals surface area contributed by atoms with Gasteiger partial charge in [0.2, 0.25) is 11.8 Å². The van der Waals surface area contributed by atoms with Crippen molar-refractivity contribution in [1.29, 1.82) is 0 Å². The third kappa shape index (κ3) is 7.67. The lowest BCUT2D eigenvalue weighted by Crippen LogP contribution is -2.46. The summed E-state index contributed by atoms with van der Waals surface area (Å²) in [5.74, 6) is -0.571. The third-order valence-electron chi connectivity index (χ3n) is 3.99. The van der Waals surface area contributed by atoms with Crippen LogP contribution in [0.2, 0.25) is 0 Å². The lowest BCUT2D eigenvalue weighted by Gasteiger charge is -2.32. The molecule has 0 aromatic carbocycles. The number of halogens is 3. The third-order valence-corrected chi connectivity index (χ3v) is 3.99. The molecule has 0 aliphatic carbocycles. The van der Waals surface area contributed by atoms with Gasteiger partial charge in [-0.25, -0.2) is 0 Å². The van der Waals surface area contributed by atoms with Crippen LogP contribution in [0.5, 0.6) is 0 Å². The Balaban J connectivity index is 2.30. The first kappa shape index (κ1) is 19.7. The molecule has 2 amide bonds. The van der Waals surface area contributed by atoms with Crippen molar-refractivity contribution in [3.8, 4) is 0 Å². The van der Waals surface area contributed by atoms with Crippen LogP contribution in [-0.2, 0) is 9.59 Å². The Bertz CT molecular complexity index is 394. The molecule has 1 aliphatic rings. The van der Waals surface area contributed by atoms with Gasteiger partial charge in [-0.3, -0.25) is 14.5 Å². The summed E-state index contributed by atoms with van der Waals surface area (Å²) in [6.07, 6.45) is -1.15. The number of nitrogens with zero attached hydrogens (tertiary/aromatic N) is 2. The Labute approximate surface area is 135 Å². The van der Waals surface area contributed by atoms with E-state index < -0.39 is 18.6 Å². The SMILES string of the molecule is CCCCNC(=O)C1CCN(CC(=O)N(C)CC(F)(F)F)CC1. The van der Waals surface area contributed by atoms with E-state index in [9.17, 15) is 22.8 Å². The van der Waals surface area contributed by atoms with Crippen molar-refractivity contribution >= 4 is 11.8 Å². The van der Waals surface area contributed by atoms with Crippen molar-refractivity contribution in [2.75, 3.05) is 39.8 Å². The van der Waals surface area contributed by atoms with E-state index in [-0.39, 0.29) is 18.4 Å². The van der Waals surface area contributed by atoms with Crippen LogP contribution in [0.3, 0.4) is 0 Å². The lowest BCUT2D eigenvalue weighted by atomic mass is 9.96. The molecule has 1 fully saturated rings. The Morgan fingerprint density at radius 1 is 1.26 bits per heavy atom. The predicted octanol–water partition coefficient (Wildman–Crippen LogP) is 1.64. The average molecular weight is 337 g/mol. The van der Waals surface area contributed by atoms with Gasteiger partial charge in [-0.05, 0) is 32.4 Å². The van der Waals surface area contributed by atoms with E-state index in [4.69, 9.17) is 0 Å². The maximum absolute atomic E-state index is 12.3. The van der Waals surface area contributed by atoms with Crippen LogP contribution in [0.1, 0.15) is 32.6 Å². The number of nitrogens with one attached hydrogen (secondary N) is 1. The van der Waals surface area contributed by atoms with E-state index in [1.54, 1.807) is 0 Å². The molecule has 0 saturated carbocycles. The fourth-order valence-electron chi connectivity index (χ4n) is 2.56. The molecule has 0 spiro atoms. The van der Waals surface area contributed by atoms with Gasteiger partial charge in [-0.2, -0.15) is 13.2 Å². The molecule has 23 heavy (non-hydrogen) atoms. The number of hydrogen-bond donors (Lipinski definition) is 1. The summed E-state index contributed by atoms with van der Waals surface area (Å²) in [5, 5.41) is 2.90. The van der Waals surface area contributed by atoms with E-state index in [2.05, 4.69) is 12.2 Å². The first-order valence-electron chi connectivity index (χ1n) is 8.03. The first-order valence-corrected chi connectivity index (χ1v) is 8.03. The minimum absolute atomic E-state index is 0.0310. The zero-order valence-corrected chi connectivity index (χ0v) is 13.8. The quantitative estimate of drug-likeness (QED) is 0.719. The molecule has 134 valence electrons. The molecular formula is C15H26F3N3O2. The molecule has 0 bridgehead atoms. The molecule has 0 radical (unpaired) electrons. The second-order valence-corrected chi connectivity index (χ2v) is 6.06. The summed E-state index contributed by atoms with van der Waals surface area (Å²) >= 11 is 0. The van der Waals surface area contributed by atoms with Crippen molar-refractivity contribution in [3.63, 3.8) is 0 Å². The van der Waals surface area contributed by atoms with E-state index in [1.165, 1.54) is 0 Å². The van der Waals surface area contributed by atoms with Gasteiger partial charge in [0.15, 0.2) is 0 Å². The Kier molecular flexibility index (Phi) is 7.81. The molecule has 1 N–H and O–H groups in total. The number of carbonyl (C=O) groups is 2. The van der Waals surface area contributed by atoms with E-state index in [0.29, 0.717) is 37.4 Å². The molecule has 1 saturated heterocycles. The minimum atomic E-state index is -4.38. The van der Waals surface area contributed by atoms with Gasteiger partial charge in [-0.1, -0.05) is 13.3 Å². The number of hydrogen-bond acceptors (Lipinski definition) is 3. The molecule has 8 heteroatoms. The maximum atomic E-state index is 12.3. The second kappa shape index (κ2) is 9.10. The van der Waals surface area contributed by atoms with Gasteiger partial charge in [0.05, 0.1) is 6.54 Å². The number of piperidine rings is 1. The highest BCUT2D eigenvalue weighted by Gasteiger charge is 2.32. The number of amides is 2. The molecule has 1 heterocycles. The van der Waals surface area contributed by atoms with Crippen molar-refractivity contribution in [2.45, 2.75) is 38.8 Å². The molecule has 0 aromatic heterocycles. The first-order chi connectivity index (χ1) is 10.7. The van der Waals surface area contributed by atoms with Gasteiger partial charge in [-0.15, -0.1) is 0 Å². The molecular weight excluding hydrogens is 311 g/mol. The largest absolute Gasteiger partial charge is 0.406 e. The highest BCUT2D eigenvalue weighted by molar-refractivity contribution is 5.79. The number of rotatable bonds is 7. The summed E-state index contributed by atoms with van der Waals surface area (Å²) in [6.45, 7) is 2.57. The Hall–Kier alpha value is -1.31. The summed E-state index contributed by atoms with van der Waals surface area (Å²) in [7, 11) is 1.16. The van der Waals surface area contributed by atoms with Crippen molar-refractivity contribution in [2.24, 2.45) is 5.92 Å². The average Bonchev–Trinajstić information content (AvgIpc) is 2.46. The summed E-state index contributed by atoms with van der Waals surface area (Å²) < 4.78 is 36.8. The monoisotopic (exact) mass is 337 g/mol. The van der Waals surface area contributed by atoms with Gasteiger partial charge >= 0.3 is 6.18 Å². The highest BCUT2D eigenvalue weighted by atomic mass is 19.4. The Morgan fingerprint density at radius 3 is 2.39 bits per heavy atom. The number of likely N-dealkylation sites (tertiary alicyclic amines) is 1. The zero-order chi connectivity index (χ0) is 17.5. The van der Waals surface area contributed by atoms with Crippen LogP contribution in [0.25, 0.3) is 0 Å². The lowest BCUT2D eigenvalue weighted by molar-refractivity contribution is -0.159. The molecule has 0 aromatic rings. The van der Waals surface area contributed by atoms with Gasteiger partial charge in [0, 0.05) is 19.5 Å². The molecule has 1 aliphatic heterocycles. The Morgan fingerprint density at radius 2 is 1.87 bits per heavy atom. The number of likely N-dealkylation sites (N-methyl/N-ethyl adjacent to an activating group) is 1. The normalized spacial score (nSPS) is 17.1. The standard InChI is InChI=1S/C15H26F3N3O2/c1-3-4-7-19-14(23)12-5-8-21(9-6-12)10-13(22)20(2)11-15(16,17)18/h12H,3-11H2,1-2H3,(H,19,23). The van der Waals surface area contributed by atoms with Crippen LogP contribution in [0.4, 0.5) is 13.2 Å². The smallest absolute Gasteiger partial charge is 0.356 e. The molecule has 5 nitrogen and oxygen atoms in total.